The molecule has 0 radical (unpaired) electrons. The maximum atomic E-state index is 10.3. The van der Waals surface area contributed by atoms with Gasteiger partial charge < -0.3 is 9.84 Å². The van der Waals surface area contributed by atoms with Crippen LogP contribution in [0.25, 0.3) is 0 Å². The first-order chi connectivity index (χ1) is 9.56. The minimum atomic E-state index is -0.483. The molecule has 1 atom stereocenters. The van der Waals surface area contributed by atoms with Gasteiger partial charge in [0, 0.05) is 4.47 Å². The van der Waals surface area contributed by atoms with Gasteiger partial charge in [0.1, 0.15) is 11.5 Å². The molecule has 0 aliphatic heterocycles. The third-order valence-electron chi connectivity index (χ3n) is 3.00. The standard InChI is InChI=1S/C17H19BrO2/c1-12(2)10-17(19)15-11-14(8-9-16(15)18)20-13-6-4-3-5-7-13/h3-9,11-12,17,19H,10H2,1-2H3. The van der Waals surface area contributed by atoms with Crippen LogP contribution in [-0.4, -0.2) is 5.11 Å². The second kappa shape index (κ2) is 6.91. The lowest BCUT2D eigenvalue weighted by Crippen LogP contribution is -2.03. The summed E-state index contributed by atoms with van der Waals surface area (Å²) >= 11 is 3.49. The summed E-state index contributed by atoms with van der Waals surface area (Å²) in [6.45, 7) is 4.20. The van der Waals surface area contributed by atoms with E-state index in [2.05, 4.69) is 29.8 Å². The molecular weight excluding hydrogens is 316 g/mol. The Morgan fingerprint density at radius 1 is 1.05 bits per heavy atom. The highest BCUT2D eigenvalue weighted by Gasteiger charge is 2.14. The highest BCUT2D eigenvalue weighted by atomic mass is 79.9. The van der Waals surface area contributed by atoms with Crippen molar-refractivity contribution in [2.75, 3.05) is 0 Å². The second-order valence-corrected chi connectivity index (χ2v) is 6.10. The van der Waals surface area contributed by atoms with Crippen molar-refractivity contribution < 1.29 is 9.84 Å². The van der Waals surface area contributed by atoms with Crippen molar-refractivity contribution in [2.45, 2.75) is 26.4 Å². The van der Waals surface area contributed by atoms with E-state index in [0.29, 0.717) is 5.92 Å². The summed E-state index contributed by atoms with van der Waals surface area (Å²) in [5, 5.41) is 10.3. The normalized spacial score (nSPS) is 12.4. The van der Waals surface area contributed by atoms with E-state index >= 15 is 0 Å². The molecule has 0 saturated heterocycles. The van der Waals surface area contributed by atoms with Gasteiger partial charge >= 0.3 is 0 Å². The zero-order chi connectivity index (χ0) is 14.5. The molecule has 2 rings (SSSR count). The molecule has 0 aliphatic rings. The maximum absolute atomic E-state index is 10.3. The Hall–Kier alpha value is -1.32. The summed E-state index contributed by atoms with van der Waals surface area (Å²) in [6.07, 6.45) is 0.247. The van der Waals surface area contributed by atoms with Crippen molar-refractivity contribution in [3.8, 4) is 11.5 Å². The molecule has 0 spiro atoms. The number of aliphatic hydroxyl groups is 1. The van der Waals surface area contributed by atoms with Crippen molar-refractivity contribution in [3.05, 3.63) is 58.6 Å². The minimum absolute atomic E-state index is 0.440. The van der Waals surface area contributed by atoms with Crippen LogP contribution in [0.15, 0.2) is 53.0 Å². The molecule has 1 N–H and O–H groups in total. The number of hydrogen-bond donors (Lipinski definition) is 1. The van der Waals surface area contributed by atoms with Crippen LogP contribution >= 0.6 is 15.9 Å². The molecule has 1 unspecified atom stereocenters. The van der Waals surface area contributed by atoms with Gasteiger partial charge in [-0.05, 0) is 48.2 Å². The summed E-state index contributed by atoms with van der Waals surface area (Å²) in [5.41, 5.74) is 0.868. The Kier molecular flexibility index (Phi) is 5.21. The average Bonchev–Trinajstić information content (AvgIpc) is 2.41. The summed E-state index contributed by atoms with van der Waals surface area (Å²) in [6, 6.07) is 15.3. The van der Waals surface area contributed by atoms with Crippen LogP contribution in [0, 0.1) is 5.92 Å². The van der Waals surface area contributed by atoms with Crippen LogP contribution < -0.4 is 4.74 Å². The maximum Gasteiger partial charge on any atom is 0.127 e. The molecular formula is C17H19BrO2. The van der Waals surface area contributed by atoms with E-state index in [1.54, 1.807) is 0 Å². The van der Waals surface area contributed by atoms with Crippen LogP contribution in [-0.2, 0) is 0 Å². The van der Waals surface area contributed by atoms with Gasteiger partial charge in [-0.25, -0.2) is 0 Å². The highest BCUT2D eigenvalue weighted by Crippen LogP contribution is 2.32. The zero-order valence-electron chi connectivity index (χ0n) is 11.7. The number of benzene rings is 2. The summed E-state index contributed by atoms with van der Waals surface area (Å²) in [7, 11) is 0. The van der Waals surface area contributed by atoms with Gasteiger partial charge in [-0.15, -0.1) is 0 Å². The fourth-order valence-corrected chi connectivity index (χ4v) is 2.55. The summed E-state index contributed by atoms with van der Waals surface area (Å²) < 4.78 is 6.71. The van der Waals surface area contributed by atoms with Gasteiger partial charge in [-0.3, -0.25) is 0 Å². The van der Waals surface area contributed by atoms with E-state index in [0.717, 1.165) is 28.0 Å². The average molecular weight is 335 g/mol. The molecule has 106 valence electrons. The molecule has 0 amide bonds. The van der Waals surface area contributed by atoms with Gasteiger partial charge in [0.25, 0.3) is 0 Å². The third kappa shape index (κ3) is 4.09. The van der Waals surface area contributed by atoms with Gasteiger partial charge in [-0.2, -0.15) is 0 Å². The van der Waals surface area contributed by atoms with E-state index in [4.69, 9.17) is 4.74 Å². The molecule has 0 aromatic heterocycles. The molecule has 2 aromatic carbocycles. The zero-order valence-corrected chi connectivity index (χ0v) is 13.3. The van der Waals surface area contributed by atoms with Gasteiger partial charge in [0.15, 0.2) is 0 Å². The van der Waals surface area contributed by atoms with Gasteiger partial charge in [-0.1, -0.05) is 48.0 Å². The smallest absolute Gasteiger partial charge is 0.127 e. The van der Waals surface area contributed by atoms with Crippen LogP contribution in [0.5, 0.6) is 11.5 Å². The molecule has 2 nitrogen and oxygen atoms in total. The predicted octanol–water partition coefficient (Wildman–Crippen LogP) is 5.32. The fraction of sp³-hybridized carbons (Fsp3) is 0.294. The van der Waals surface area contributed by atoms with Crippen molar-refractivity contribution in [1.82, 2.24) is 0 Å². The predicted molar refractivity (Wildman–Crippen MR) is 85.1 cm³/mol. The van der Waals surface area contributed by atoms with E-state index in [9.17, 15) is 5.11 Å². The molecule has 0 bridgehead atoms. The van der Waals surface area contributed by atoms with Gasteiger partial charge in [0.2, 0.25) is 0 Å². The molecule has 0 fully saturated rings. The molecule has 3 heteroatoms. The molecule has 20 heavy (non-hydrogen) atoms. The van der Waals surface area contributed by atoms with Gasteiger partial charge in [0.05, 0.1) is 6.10 Å². The number of ether oxygens (including phenoxy) is 1. The van der Waals surface area contributed by atoms with Crippen LogP contribution in [0.2, 0.25) is 0 Å². The first kappa shape index (κ1) is 15.1. The lowest BCUT2D eigenvalue weighted by molar-refractivity contribution is 0.150. The minimum Gasteiger partial charge on any atom is -0.457 e. The fourth-order valence-electron chi connectivity index (χ4n) is 2.04. The van der Waals surface area contributed by atoms with Crippen LogP contribution in [0.1, 0.15) is 31.9 Å². The molecule has 2 aromatic rings. The highest BCUT2D eigenvalue weighted by molar-refractivity contribution is 9.10. The Morgan fingerprint density at radius 2 is 1.75 bits per heavy atom. The largest absolute Gasteiger partial charge is 0.457 e. The third-order valence-corrected chi connectivity index (χ3v) is 3.72. The lowest BCUT2D eigenvalue weighted by Gasteiger charge is -2.16. The van der Waals surface area contributed by atoms with Crippen molar-refractivity contribution in [2.24, 2.45) is 5.92 Å². The van der Waals surface area contributed by atoms with E-state index in [1.165, 1.54) is 0 Å². The molecule has 0 heterocycles. The summed E-state index contributed by atoms with van der Waals surface area (Å²) in [5.74, 6) is 1.96. The number of hydrogen-bond acceptors (Lipinski definition) is 2. The van der Waals surface area contributed by atoms with Crippen molar-refractivity contribution >= 4 is 15.9 Å². The Bertz CT molecular complexity index is 552. The molecule has 0 saturated carbocycles. The summed E-state index contributed by atoms with van der Waals surface area (Å²) in [4.78, 5) is 0. The first-order valence-corrected chi connectivity index (χ1v) is 7.56. The Morgan fingerprint density at radius 3 is 2.40 bits per heavy atom. The van der Waals surface area contributed by atoms with E-state index in [-0.39, 0.29) is 0 Å². The lowest BCUT2D eigenvalue weighted by atomic mass is 9.99. The van der Waals surface area contributed by atoms with E-state index < -0.39 is 6.10 Å². The van der Waals surface area contributed by atoms with E-state index in [1.807, 2.05) is 48.5 Å². The monoisotopic (exact) mass is 334 g/mol. The van der Waals surface area contributed by atoms with Crippen LogP contribution in [0.4, 0.5) is 0 Å². The second-order valence-electron chi connectivity index (χ2n) is 5.24. The number of rotatable bonds is 5. The topological polar surface area (TPSA) is 29.5 Å². The van der Waals surface area contributed by atoms with Crippen LogP contribution in [0.3, 0.4) is 0 Å². The quantitative estimate of drug-likeness (QED) is 0.801. The number of halogens is 1. The Balaban J connectivity index is 2.20. The molecule has 0 aliphatic carbocycles. The number of aliphatic hydroxyl groups excluding tert-OH is 1. The SMILES string of the molecule is CC(C)CC(O)c1cc(Oc2ccccc2)ccc1Br. The first-order valence-electron chi connectivity index (χ1n) is 6.76. The Labute approximate surface area is 128 Å². The van der Waals surface area contributed by atoms with Crippen molar-refractivity contribution in [3.63, 3.8) is 0 Å². The number of para-hydroxylation sites is 1. The van der Waals surface area contributed by atoms with Crippen molar-refractivity contribution in [1.29, 1.82) is 0 Å².